The molecule has 1 aliphatic rings. The van der Waals surface area contributed by atoms with Gasteiger partial charge >= 0.3 is 12.1 Å². The molecule has 0 unspecified atom stereocenters. The smallest absolute Gasteiger partial charge is 0.416 e. The fourth-order valence-corrected chi connectivity index (χ4v) is 5.15. The summed E-state index contributed by atoms with van der Waals surface area (Å²) in [5, 5.41) is 13.7. The van der Waals surface area contributed by atoms with Gasteiger partial charge in [0.25, 0.3) is 0 Å². The Kier molecular flexibility index (Phi) is 6.49. The van der Waals surface area contributed by atoms with Crippen LogP contribution in [0.4, 0.5) is 13.2 Å². The van der Waals surface area contributed by atoms with Gasteiger partial charge in [0.2, 0.25) is 0 Å². The highest BCUT2D eigenvalue weighted by Crippen LogP contribution is 2.48. The lowest BCUT2D eigenvalue weighted by Crippen LogP contribution is -2.19. The van der Waals surface area contributed by atoms with Gasteiger partial charge in [0, 0.05) is 28.8 Å². The van der Waals surface area contributed by atoms with E-state index in [2.05, 4.69) is 10.1 Å². The molecule has 0 bridgehead atoms. The minimum absolute atomic E-state index is 0.392. The van der Waals surface area contributed by atoms with E-state index >= 15 is 0 Å². The van der Waals surface area contributed by atoms with Crippen molar-refractivity contribution < 1.29 is 27.6 Å². The SMILES string of the molecule is Cc1noc(-c2ccc(-c3ccc(C4(C(=O)O)CC4)cc3)cc2)c1Cc1cccc(-c2cccc(C(F)(F)F)c2)n1. The predicted molar refractivity (Wildman–Crippen MR) is 148 cm³/mol. The molecule has 5 aromatic rings. The van der Waals surface area contributed by atoms with Crippen LogP contribution < -0.4 is 0 Å². The molecule has 2 heterocycles. The molecule has 41 heavy (non-hydrogen) atoms. The van der Waals surface area contributed by atoms with Crippen LogP contribution in [-0.2, 0) is 22.8 Å². The van der Waals surface area contributed by atoms with Gasteiger partial charge in [-0.15, -0.1) is 0 Å². The third-order valence-electron chi connectivity index (χ3n) is 7.71. The van der Waals surface area contributed by atoms with Crippen LogP contribution in [-0.4, -0.2) is 21.2 Å². The molecule has 1 N–H and O–H groups in total. The number of hydrogen-bond acceptors (Lipinski definition) is 4. The van der Waals surface area contributed by atoms with E-state index in [1.54, 1.807) is 18.2 Å². The Labute approximate surface area is 234 Å². The number of carbonyl (C=O) groups is 1. The Bertz CT molecular complexity index is 1740. The number of pyridine rings is 1. The molecule has 6 rings (SSSR count). The van der Waals surface area contributed by atoms with Crippen LogP contribution in [0.5, 0.6) is 0 Å². The minimum atomic E-state index is -4.43. The highest BCUT2D eigenvalue weighted by atomic mass is 19.4. The third-order valence-corrected chi connectivity index (χ3v) is 7.71. The average molecular weight is 555 g/mol. The number of rotatable bonds is 7. The number of aliphatic carboxylic acids is 1. The first-order valence-electron chi connectivity index (χ1n) is 13.2. The van der Waals surface area contributed by atoms with Crippen molar-refractivity contribution in [2.45, 2.75) is 37.8 Å². The Morgan fingerprint density at radius 1 is 0.878 bits per heavy atom. The Hall–Kier alpha value is -4.72. The van der Waals surface area contributed by atoms with E-state index in [-0.39, 0.29) is 0 Å². The van der Waals surface area contributed by atoms with Gasteiger partial charge in [-0.25, -0.2) is 0 Å². The first-order valence-corrected chi connectivity index (χ1v) is 13.2. The second kappa shape index (κ2) is 10.0. The lowest BCUT2D eigenvalue weighted by Gasteiger charge is -2.11. The molecular formula is C33H25F3N2O3. The second-order valence-corrected chi connectivity index (χ2v) is 10.4. The Morgan fingerprint density at radius 3 is 2.15 bits per heavy atom. The number of carboxylic acid groups (broad SMARTS) is 1. The summed E-state index contributed by atoms with van der Waals surface area (Å²) in [6.45, 7) is 1.85. The summed E-state index contributed by atoms with van der Waals surface area (Å²) >= 11 is 0. The van der Waals surface area contributed by atoms with Gasteiger partial charge in [-0.1, -0.05) is 71.9 Å². The van der Waals surface area contributed by atoms with Crippen molar-refractivity contribution in [1.82, 2.24) is 10.1 Å². The van der Waals surface area contributed by atoms with Crippen molar-refractivity contribution in [3.63, 3.8) is 0 Å². The fourth-order valence-electron chi connectivity index (χ4n) is 5.15. The van der Waals surface area contributed by atoms with Gasteiger partial charge in [-0.05, 0) is 60.7 Å². The summed E-state index contributed by atoms with van der Waals surface area (Å²) in [5.41, 5.74) is 5.25. The first kappa shape index (κ1) is 26.5. The molecule has 0 saturated heterocycles. The van der Waals surface area contributed by atoms with Crippen LogP contribution in [0.25, 0.3) is 33.7 Å². The molecule has 206 valence electrons. The van der Waals surface area contributed by atoms with E-state index in [4.69, 9.17) is 4.52 Å². The molecule has 8 heteroatoms. The lowest BCUT2D eigenvalue weighted by atomic mass is 9.93. The quantitative estimate of drug-likeness (QED) is 0.220. The molecule has 0 radical (unpaired) electrons. The highest BCUT2D eigenvalue weighted by Gasteiger charge is 2.51. The van der Waals surface area contributed by atoms with E-state index in [0.29, 0.717) is 47.7 Å². The molecule has 0 aliphatic heterocycles. The molecule has 0 amide bonds. The molecule has 0 atom stereocenters. The maximum absolute atomic E-state index is 13.2. The van der Waals surface area contributed by atoms with E-state index in [9.17, 15) is 23.1 Å². The maximum Gasteiger partial charge on any atom is 0.416 e. The number of carboxylic acids is 1. The number of halogens is 3. The molecular weight excluding hydrogens is 529 g/mol. The van der Waals surface area contributed by atoms with Crippen molar-refractivity contribution in [3.8, 4) is 33.7 Å². The highest BCUT2D eigenvalue weighted by molar-refractivity contribution is 5.85. The number of alkyl halides is 3. The summed E-state index contributed by atoms with van der Waals surface area (Å²) in [4.78, 5) is 16.3. The number of hydrogen-bond donors (Lipinski definition) is 1. The van der Waals surface area contributed by atoms with Crippen molar-refractivity contribution in [1.29, 1.82) is 0 Å². The van der Waals surface area contributed by atoms with E-state index < -0.39 is 23.1 Å². The summed E-state index contributed by atoms with van der Waals surface area (Å²) < 4.78 is 45.3. The largest absolute Gasteiger partial charge is 0.481 e. The molecule has 1 saturated carbocycles. The zero-order valence-corrected chi connectivity index (χ0v) is 22.1. The van der Waals surface area contributed by atoms with Crippen molar-refractivity contribution in [2.75, 3.05) is 0 Å². The predicted octanol–water partition coefficient (Wildman–Crippen LogP) is 8.10. The van der Waals surface area contributed by atoms with Gasteiger partial charge in [-0.3, -0.25) is 9.78 Å². The van der Waals surface area contributed by atoms with E-state index in [0.717, 1.165) is 39.9 Å². The number of nitrogens with zero attached hydrogens (tertiary/aromatic N) is 2. The van der Waals surface area contributed by atoms with Crippen molar-refractivity contribution in [2.24, 2.45) is 0 Å². The van der Waals surface area contributed by atoms with Crippen LogP contribution in [0.1, 0.15) is 40.9 Å². The molecule has 2 aromatic heterocycles. The normalized spacial score (nSPS) is 14.1. The Balaban J connectivity index is 1.23. The van der Waals surface area contributed by atoms with Crippen LogP contribution in [0.3, 0.4) is 0 Å². The topological polar surface area (TPSA) is 76.2 Å². The van der Waals surface area contributed by atoms with Crippen LogP contribution in [0.2, 0.25) is 0 Å². The van der Waals surface area contributed by atoms with E-state index in [1.807, 2.05) is 61.5 Å². The summed E-state index contributed by atoms with van der Waals surface area (Å²) in [6.07, 6.45) is -2.70. The molecule has 0 spiro atoms. The lowest BCUT2D eigenvalue weighted by molar-refractivity contribution is -0.140. The van der Waals surface area contributed by atoms with Crippen LogP contribution in [0, 0.1) is 6.92 Å². The van der Waals surface area contributed by atoms with Gasteiger partial charge in [0.05, 0.1) is 22.4 Å². The van der Waals surface area contributed by atoms with E-state index in [1.165, 1.54) is 6.07 Å². The van der Waals surface area contributed by atoms with Gasteiger partial charge in [0.1, 0.15) is 0 Å². The zero-order chi connectivity index (χ0) is 28.8. The van der Waals surface area contributed by atoms with Crippen LogP contribution in [0.15, 0.2) is 95.5 Å². The third kappa shape index (κ3) is 5.13. The zero-order valence-electron chi connectivity index (χ0n) is 22.1. The standard InChI is InChI=1S/C33H25F3N2O3/c1-20-28(19-27-6-3-7-29(37-27)24-4-2-5-26(18-24)33(34,35)36)30(41-38-20)23-10-8-21(9-11-23)22-12-14-25(15-13-22)32(16-17-32)31(39)40/h2-15,18H,16-17,19H2,1H3,(H,39,40). The number of aromatic nitrogens is 2. The molecule has 5 nitrogen and oxygen atoms in total. The summed E-state index contributed by atoms with van der Waals surface area (Å²) in [6, 6.07) is 26.0. The molecule has 1 fully saturated rings. The van der Waals surface area contributed by atoms with Gasteiger partial charge < -0.3 is 9.63 Å². The number of benzene rings is 3. The van der Waals surface area contributed by atoms with Crippen molar-refractivity contribution in [3.05, 3.63) is 119 Å². The van der Waals surface area contributed by atoms with Gasteiger partial charge in [0.15, 0.2) is 5.76 Å². The number of aryl methyl sites for hydroxylation is 1. The molecule has 3 aromatic carbocycles. The van der Waals surface area contributed by atoms with Crippen molar-refractivity contribution >= 4 is 5.97 Å². The van der Waals surface area contributed by atoms with Crippen LogP contribution >= 0.6 is 0 Å². The first-order chi connectivity index (χ1) is 19.6. The second-order valence-electron chi connectivity index (χ2n) is 10.4. The summed E-state index contributed by atoms with van der Waals surface area (Å²) in [5.74, 6) is -0.168. The summed E-state index contributed by atoms with van der Waals surface area (Å²) in [7, 11) is 0. The molecule has 1 aliphatic carbocycles. The monoisotopic (exact) mass is 554 g/mol. The fraction of sp³-hybridized carbons (Fsp3) is 0.182. The minimum Gasteiger partial charge on any atom is -0.481 e. The maximum atomic E-state index is 13.2. The average Bonchev–Trinajstić information content (AvgIpc) is 3.72. The van der Waals surface area contributed by atoms with Gasteiger partial charge in [-0.2, -0.15) is 13.2 Å². The Morgan fingerprint density at radius 2 is 1.51 bits per heavy atom.